The summed E-state index contributed by atoms with van der Waals surface area (Å²) in [6, 6.07) is 13.3. The normalized spacial score (nSPS) is 10.1. The number of carbonyl (C=O) groups excluding carboxylic acids is 2. The van der Waals surface area contributed by atoms with Crippen LogP contribution in [0.25, 0.3) is 0 Å². The molecule has 2 rings (SSSR count). The molecule has 6 heteroatoms. The van der Waals surface area contributed by atoms with E-state index in [0.717, 1.165) is 12.8 Å². The lowest BCUT2D eigenvalue weighted by Crippen LogP contribution is -2.09. The smallest absolute Gasteiger partial charge is 0.343 e. The van der Waals surface area contributed by atoms with Crippen LogP contribution >= 0.6 is 0 Å². The van der Waals surface area contributed by atoms with Crippen LogP contribution in [0.5, 0.6) is 11.5 Å². The van der Waals surface area contributed by atoms with Crippen LogP contribution in [-0.2, 0) is 9.53 Å². The Labute approximate surface area is 148 Å². The molecule has 0 fully saturated rings. The van der Waals surface area contributed by atoms with Gasteiger partial charge in [0, 0.05) is 6.92 Å². The Balaban J connectivity index is 1.76. The molecular weight excluding hydrogens is 319 g/mol. The minimum Gasteiger partial charge on any atom is -0.494 e. The van der Waals surface area contributed by atoms with Gasteiger partial charge in [0.25, 0.3) is 0 Å². The lowest BCUT2D eigenvalue weighted by Gasteiger charge is -2.08. The zero-order valence-electron chi connectivity index (χ0n) is 14.1. The van der Waals surface area contributed by atoms with Crippen molar-refractivity contribution in [1.29, 1.82) is 0 Å². The molecule has 0 aromatic heterocycles. The van der Waals surface area contributed by atoms with E-state index in [4.69, 9.17) is 22.1 Å². The Morgan fingerprint density at radius 3 is 2.12 bits per heavy atom. The van der Waals surface area contributed by atoms with E-state index in [1.54, 1.807) is 48.5 Å². The van der Waals surface area contributed by atoms with E-state index in [1.165, 1.54) is 6.92 Å². The predicted octanol–water partition coefficient (Wildman–Crippen LogP) is 2.42. The summed E-state index contributed by atoms with van der Waals surface area (Å²) in [5.74, 6) is 0.379. The largest absolute Gasteiger partial charge is 0.494 e. The summed E-state index contributed by atoms with van der Waals surface area (Å²) in [4.78, 5) is 22.7. The SMILES string of the molecule is [B]c1ccc(OC(=O)c2ccc(OCCCCOC(C)=O)cc2)cc1. The molecule has 5 nitrogen and oxygen atoms in total. The molecular formula is C19H19BO5. The molecule has 0 saturated heterocycles. The average Bonchev–Trinajstić information content (AvgIpc) is 2.60. The summed E-state index contributed by atoms with van der Waals surface area (Å²) in [7, 11) is 5.59. The van der Waals surface area contributed by atoms with Gasteiger partial charge in [-0.15, -0.1) is 0 Å². The summed E-state index contributed by atoms with van der Waals surface area (Å²) in [5, 5.41) is 0. The molecule has 128 valence electrons. The van der Waals surface area contributed by atoms with E-state index >= 15 is 0 Å². The lowest BCUT2D eigenvalue weighted by molar-refractivity contribution is -0.141. The Morgan fingerprint density at radius 1 is 0.880 bits per heavy atom. The highest BCUT2D eigenvalue weighted by Gasteiger charge is 2.08. The molecule has 0 aliphatic rings. The summed E-state index contributed by atoms with van der Waals surface area (Å²) < 4.78 is 15.7. The number of unbranched alkanes of at least 4 members (excludes halogenated alkanes) is 1. The van der Waals surface area contributed by atoms with Crippen molar-refractivity contribution in [2.45, 2.75) is 19.8 Å². The van der Waals surface area contributed by atoms with Crippen LogP contribution < -0.4 is 14.9 Å². The third kappa shape index (κ3) is 6.71. The highest BCUT2D eigenvalue weighted by molar-refractivity contribution is 6.32. The predicted molar refractivity (Wildman–Crippen MR) is 94.6 cm³/mol. The first kappa shape index (κ1) is 18.6. The maximum absolute atomic E-state index is 12.1. The van der Waals surface area contributed by atoms with Gasteiger partial charge in [0.1, 0.15) is 19.3 Å². The Kier molecular flexibility index (Phi) is 7.08. The molecule has 0 bridgehead atoms. The Bertz CT molecular complexity index is 695. The van der Waals surface area contributed by atoms with E-state index in [0.29, 0.717) is 35.7 Å². The number of hydrogen-bond donors (Lipinski definition) is 0. The van der Waals surface area contributed by atoms with Gasteiger partial charge in [-0.2, -0.15) is 0 Å². The van der Waals surface area contributed by atoms with Crippen LogP contribution in [0, 0.1) is 0 Å². The number of hydrogen-bond acceptors (Lipinski definition) is 5. The third-order valence-corrected chi connectivity index (χ3v) is 3.29. The molecule has 0 spiro atoms. The topological polar surface area (TPSA) is 61.8 Å². The van der Waals surface area contributed by atoms with Gasteiger partial charge in [0.2, 0.25) is 0 Å². The van der Waals surface area contributed by atoms with E-state index < -0.39 is 5.97 Å². The second-order valence-electron chi connectivity index (χ2n) is 5.38. The lowest BCUT2D eigenvalue weighted by atomic mass is 9.97. The van der Waals surface area contributed by atoms with Crippen molar-refractivity contribution in [3.8, 4) is 11.5 Å². The Morgan fingerprint density at radius 2 is 1.48 bits per heavy atom. The molecule has 0 amide bonds. The molecule has 0 atom stereocenters. The van der Waals surface area contributed by atoms with Gasteiger partial charge in [0.15, 0.2) is 0 Å². The first-order valence-electron chi connectivity index (χ1n) is 7.98. The van der Waals surface area contributed by atoms with Crippen molar-refractivity contribution in [3.05, 3.63) is 54.1 Å². The second kappa shape index (κ2) is 9.52. The highest BCUT2D eigenvalue weighted by Crippen LogP contribution is 2.15. The maximum atomic E-state index is 12.1. The number of esters is 2. The highest BCUT2D eigenvalue weighted by atomic mass is 16.5. The average molecular weight is 338 g/mol. The fourth-order valence-corrected chi connectivity index (χ4v) is 2.00. The van der Waals surface area contributed by atoms with Gasteiger partial charge < -0.3 is 14.2 Å². The second-order valence-corrected chi connectivity index (χ2v) is 5.38. The molecule has 0 unspecified atom stereocenters. The van der Waals surface area contributed by atoms with Gasteiger partial charge in [-0.1, -0.05) is 17.6 Å². The monoisotopic (exact) mass is 338 g/mol. The first-order valence-corrected chi connectivity index (χ1v) is 7.98. The summed E-state index contributed by atoms with van der Waals surface area (Å²) in [5.41, 5.74) is 1.04. The zero-order valence-corrected chi connectivity index (χ0v) is 14.1. The van der Waals surface area contributed by atoms with E-state index in [9.17, 15) is 9.59 Å². The van der Waals surface area contributed by atoms with E-state index in [1.807, 2.05) is 0 Å². The summed E-state index contributed by atoms with van der Waals surface area (Å²) in [6.07, 6.45) is 1.51. The molecule has 2 aromatic rings. The van der Waals surface area contributed by atoms with Crippen LogP contribution in [0.3, 0.4) is 0 Å². The maximum Gasteiger partial charge on any atom is 0.343 e. The Hall–Kier alpha value is -2.76. The third-order valence-electron chi connectivity index (χ3n) is 3.29. The van der Waals surface area contributed by atoms with Crippen molar-refractivity contribution in [2.75, 3.05) is 13.2 Å². The quantitative estimate of drug-likeness (QED) is 0.320. The molecule has 25 heavy (non-hydrogen) atoms. The van der Waals surface area contributed by atoms with Crippen LogP contribution in [0.15, 0.2) is 48.5 Å². The van der Waals surface area contributed by atoms with Crippen LogP contribution in [-0.4, -0.2) is 33.0 Å². The minimum absolute atomic E-state index is 0.276. The fourth-order valence-electron chi connectivity index (χ4n) is 2.00. The van der Waals surface area contributed by atoms with Crippen molar-refractivity contribution in [1.82, 2.24) is 0 Å². The van der Waals surface area contributed by atoms with Gasteiger partial charge in [-0.05, 0) is 49.2 Å². The van der Waals surface area contributed by atoms with Gasteiger partial charge in [-0.25, -0.2) is 4.79 Å². The standard InChI is InChI=1S/C19H19BO5/c1-14(21)23-12-2-3-13-24-17-8-4-15(5-9-17)19(22)25-18-10-6-16(20)7-11-18/h4-11H,2-3,12-13H2,1H3. The van der Waals surface area contributed by atoms with Crippen LogP contribution in [0.2, 0.25) is 0 Å². The van der Waals surface area contributed by atoms with Gasteiger partial charge in [0.05, 0.1) is 18.8 Å². The van der Waals surface area contributed by atoms with Crippen molar-refractivity contribution in [3.63, 3.8) is 0 Å². The van der Waals surface area contributed by atoms with Crippen molar-refractivity contribution >= 4 is 25.2 Å². The molecule has 0 aliphatic carbocycles. The minimum atomic E-state index is -0.447. The van der Waals surface area contributed by atoms with Crippen LogP contribution in [0.4, 0.5) is 0 Å². The first-order chi connectivity index (χ1) is 12.0. The van der Waals surface area contributed by atoms with Gasteiger partial charge in [-0.3, -0.25) is 4.79 Å². The molecule has 2 aromatic carbocycles. The number of carbonyl (C=O) groups is 2. The summed E-state index contributed by atoms with van der Waals surface area (Å²) >= 11 is 0. The summed E-state index contributed by atoms with van der Waals surface area (Å²) in [6.45, 7) is 2.29. The molecule has 0 heterocycles. The molecule has 0 N–H and O–H groups in total. The molecule has 0 aliphatic heterocycles. The molecule has 2 radical (unpaired) electrons. The van der Waals surface area contributed by atoms with Crippen molar-refractivity contribution in [2.24, 2.45) is 0 Å². The molecule has 0 saturated carbocycles. The zero-order chi connectivity index (χ0) is 18.1. The van der Waals surface area contributed by atoms with Crippen LogP contribution in [0.1, 0.15) is 30.1 Å². The number of rotatable bonds is 8. The number of ether oxygens (including phenoxy) is 3. The number of benzene rings is 2. The van der Waals surface area contributed by atoms with E-state index in [2.05, 4.69) is 0 Å². The van der Waals surface area contributed by atoms with E-state index in [-0.39, 0.29) is 5.97 Å². The van der Waals surface area contributed by atoms with Crippen molar-refractivity contribution < 1.29 is 23.8 Å². The fraction of sp³-hybridized carbons (Fsp3) is 0.263. The van der Waals surface area contributed by atoms with Gasteiger partial charge >= 0.3 is 11.9 Å².